The van der Waals surface area contributed by atoms with Gasteiger partial charge in [0.25, 0.3) is 0 Å². The van der Waals surface area contributed by atoms with Gasteiger partial charge in [0.05, 0.1) is 26.2 Å². The molecule has 0 radical (unpaired) electrons. The third-order valence-corrected chi connectivity index (χ3v) is 2.74. The standard InChI is InChI=1S/C6H15O5P.C5H6O4/c1-3-9-5-6-11-12(7,8)10-4-2;1-3(5(8)9)2-4(6)7/h3-6H2,1-2H3,(H,7,8);1-2H2,(H,6,7)(H,8,9). The number of carbonyl (C=O) groups is 2. The lowest BCUT2D eigenvalue weighted by atomic mass is 10.2. The number of phosphoric ester groups is 1. The molecule has 0 aromatic heterocycles. The Hall–Kier alpha value is -1.25. The average molecular weight is 328 g/mol. The zero-order valence-electron chi connectivity index (χ0n) is 12.0. The van der Waals surface area contributed by atoms with Crippen molar-refractivity contribution in [3.05, 3.63) is 12.2 Å². The SMILES string of the molecule is C=C(CC(=O)O)C(=O)O.CCOCCOP(=O)(O)OCC. The Morgan fingerprint density at radius 1 is 1.10 bits per heavy atom. The third kappa shape index (κ3) is 16.7. The molecule has 0 heterocycles. The van der Waals surface area contributed by atoms with Gasteiger partial charge in [-0.3, -0.25) is 13.8 Å². The second-order valence-corrected chi connectivity index (χ2v) is 4.85. The molecule has 10 heteroatoms. The molecule has 0 saturated heterocycles. The van der Waals surface area contributed by atoms with E-state index >= 15 is 0 Å². The first kappa shape index (κ1) is 22.0. The number of hydrogen-bond donors (Lipinski definition) is 3. The summed E-state index contributed by atoms with van der Waals surface area (Å²) in [5.74, 6) is -2.44. The number of phosphoric acid groups is 1. The average Bonchev–Trinajstić information content (AvgIpc) is 2.34. The molecule has 0 amide bonds. The fraction of sp³-hybridized carbons (Fsp3) is 0.636. The third-order valence-electron chi connectivity index (χ3n) is 1.65. The molecule has 21 heavy (non-hydrogen) atoms. The van der Waals surface area contributed by atoms with Gasteiger partial charge in [-0.1, -0.05) is 6.58 Å². The summed E-state index contributed by atoms with van der Waals surface area (Å²) < 4.78 is 24.7. The van der Waals surface area contributed by atoms with Gasteiger partial charge in [-0.2, -0.15) is 0 Å². The number of carboxylic acid groups (broad SMARTS) is 2. The van der Waals surface area contributed by atoms with Crippen LogP contribution in [0.25, 0.3) is 0 Å². The van der Waals surface area contributed by atoms with Crippen LogP contribution in [0.5, 0.6) is 0 Å². The van der Waals surface area contributed by atoms with Crippen LogP contribution in [0.4, 0.5) is 0 Å². The largest absolute Gasteiger partial charge is 0.481 e. The molecule has 0 aromatic rings. The first-order valence-corrected chi connectivity index (χ1v) is 7.48. The molecule has 0 aliphatic heterocycles. The van der Waals surface area contributed by atoms with Crippen LogP contribution in [0.3, 0.4) is 0 Å². The van der Waals surface area contributed by atoms with E-state index in [0.29, 0.717) is 13.2 Å². The van der Waals surface area contributed by atoms with Gasteiger partial charge in [0.2, 0.25) is 0 Å². The second kappa shape index (κ2) is 12.5. The van der Waals surface area contributed by atoms with Crippen molar-refractivity contribution in [2.75, 3.05) is 26.4 Å². The van der Waals surface area contributed by atoms with Gasteiger partial charge in [0.1, 0.15) is 0 Å². The van der Waals surface area contributed by atoms with Crippen LogP contribution in [-0.2, 0) is 27.9 Å². The fourth-order valence-electron chi connectivity index (χ4n) is 0.814. The highest BCUT2D eigenvalue weighted by Crippen LogP contribution is 2.42. The van der Waals surface area contributed by atoms with Crippen LogP contribution in [0.15, 0.2) is 12.2 Å². The van der Waals surface area contributed by atoms with E-state index in [-0.39, 0.29) is 18.8 Å². The van der Waals surface area contributed by atoms with E-state index < -0.39 is 26.2 Å². The van der Waals surface area contributed by atoms with Gasteiger partial charge in [0, 0.05) is 12.2 Å². The van der Waals surface area contributed by atoms with Crippen molar-refractivity contribution in [3.63, 3.8) is 0 Å². The highest BCUT2D eigenvalue weighted by atomic mass is 31.2. The molecular formula is C11H21O9P. The summed E-state index contributed by atoms with van der Waals surface area (Å²) in [5.41, 5.74) is -0.303. The van der Waals surface area contributed by atoms with Gasteiger partial charge < -0.3 is 19.8 Å². The number of rotatable bonds is 10. The monoisotopic (exact) mass is 328 g/mol. The molecular weight excluding hydrogens is 307 g/mol. The molecule has 0 saturated carbocycles. The van der Waals surface area contributed by atoms with Gasteiger partial charge >= 0.3 is 19.8 Å². The predicted octanol–water partition coefficient (Wildman–Crippen LogP) is 1.28. The van der Waals surface area contributed by atoms with E-state index in [1.165, 1.54) is 0 Å². The molecule has 0 bridgehead atoms. The number of carboxylic acids is 2. The summed E-state index contributed by atoms with van der Waals surface area (Å²) >= 11 is 0. The Morgan fingerprint density at radius 3 is 2.00 bits per heavy atom. The van der Waals surface area contributed by atoms with Crippen molar-refractivity contribution in [1.82, 2.24) is 0 Å². The molecule has 0 aliphatic rings. The maximum atomic E-state index is 10.8. The highest BCUT2D eigenvalue weighted by molar-refractivity contribution is 7.47. The Kier molecular flexibility index (Phi) is 13.1. The van der Waals surface area contributed by atoms with Crippen molar-refractivity contribution < 1.29 is 43.0 Å². The predicted molar refractivity (Wildman–Crippen MR) is 72.9 cm³/mol. The maximum Gasteiger partial charge on any atom is 0.472 e. The fourth-order valence-corrected chi connectivity index (χ4v) is 1.52. The topological polar surface area (TPSA) is 140 Å². The van der Waals surface area contributed by atoms with Crippen LogP contribution in [0.1, 0.15) is 20.3 Å². The van der Waals surface area contributed by atoms with Crippen LogP contribution < -0.4 is 0 Å². The summed E-state index contributed by atoms with van der Waals surface area (Å²) in [6, 6.07) is 0. The summed E-state index contributed by atoms with van der Waals surface area (Å²) in [6.45, 7) is 7.56. The van der Waals surface area contributed by atoms with E-state index in [4.69, 9.17) is 19.8 Å². The van der Waals surface area contributed by atoms with Crippen LogP contribution in [-0.4, -0.2) is 53.5 Å². The lowest BCUT2D eigenvalue weighted by Gasteiger charge is -2.10. The van der Waals surface area contributed by atoms with Crippen molar-refractivity contribution in [1.29, 1.82) is 0 Å². The first-order valence-electron chi connectivity index (χ1n) is 5.98. The van der Waals surface area contributed by atoms with E-state index in [1.54, 1.807) is 6.92 Å². The molecule has 0 spiro atoms. The van der Waals surface area contributed by atoms with Crippen LogP contribution in [0.2, 0.25) is 0 Å². The van der Waals surface area contributed by atoms with Crippen molar-refractivity contribution in [2.24, 2.45) is 0 Å². The zero-order valence-corrected chi connectivity index (χ0v) is 12.9. The van der Waals surface area contributed by atoms with Crippen LogP contribution in [0, 0.1) is 0 Å². The lowest BCUT2D eigenvalue weighted by molar-refractivity contribution is -0.139. The normalized spacial score (nSPS) is 12.7. The first-order chi connectivity index (χ1) is 9.66. The van der Waals surface area contributed by atoms with Crippen molar-refractivity contribution >= 4 is 19.8 Å². The summed E-state index contributed by atoms with van der Waals surface area (Å²) in [5, 5.41) is 16.1. The second-order valence-electron chi connectivity index (χ2n) is 3.40. The minimum Gasteiger partial charge on any atom is -0.481 e. The molecule has 0 rings (SSSR count). The Balaban J connectivity index is 0. The molecule has 1 atom stereocenters. The van der Waals surface area contributed by atoms with Crippen LogP contribution >= 0.6 is 7.82 Å². The van der Waals surface area contributed by atoms with Gasteiger partial charge in [-0.25, -0.2) is 9.36 Å². The molecule has 0 aliphatic carbocycles. The number of ether oxygens (including phenoxy) is 1. The van der Waals surface area contributed by atoms with E-state index in [9.17, 15) is 14.2 Å². The molecule has 3 N–H and O–H groups in total. The Labute approximate surface area is 122 Å². The van der Waals surface area contributed by atoms with Crippen molar-refractivity contribution in [2.45, 2.75) is 20.3 Å². The van der Waals surface area contributed by atoms with E-state index in [1.807, 2.05) is 6.92 Å². The zero-order chi connectivity index (χ0) is 16.9. The van der Waals surface area contributed by atoms with Crippen molar-refractivity contribution in [3.8, 4) is 0 Å². The quantitative estimate of drug-likeness (QED) is 0.307. The number of aliphatic carboxylic acids is 2. The van der Waals surface area contributed by atoms with E-state index in [0.717, 1.165) is 0 Å². The molecule has 124 valence electrons. The maximum absolute atomic E-state index is 10.8. The molecule has 1 unspecified atom stereocenters. The molecule has 0 aromatic carbocycles. The van der Waals surface area contributed by atoms with Gasteiger partial charge in [0.15, 0.2) is 0 Å². The van der Waals surface area contributed by atoms with Gasteiger partial charge in [-0.05, 0) is 13.8 Å². The minimum atomic E-state index is -3.81. The summed E-state index contributed by atoms with van der Waals surface area (Å²) in [4.78, 5) is 28.5. The lowest BCUT2D eigenvalue weighted by Crippen LogP contribution is -2.04. The number of hydrogen-bond acceptors (Lipinski definition) is 6. The smallest absolute Gasteiger partial charge is 0.472 e. The highest BCUT2D eigenvalue weighted by Gasteiger charge is 2.18. The van der Waals surface area contributed by atoms with E-state index in [2.05, 4.69) is 15.6 Å². The summed E-state index contributed by atoms with van der Waals surface area (Å²) in [6.07, 6.45) is -0.505. The molecule has 9 nitrogen and oxygen atoms in total. The molecule has 0 fully saturated rings. The summed E-state index contributed by atoms with van der Waals surface area (Å²) in [7, 11) is -3.81. The van der Waals surface area contributed by atoms with Gasteiger partial charge in [-0.15, -0.1) is 0 Å². The minimum absolute atomic E-state index is 0.0710. The Bertz CT molecular complexity index is 380. The Morgan fingerprint density at radius 2 is 1.67 bits per heavy atom.